The van der Waals surface area contributed by atoms with Gasteiger partial charge in [-0.05, 0) is 41.1 Å². The van der Waals surface area contributed by atoms with Gasteiger partial charge < -0.3 is 14.4 Å². The Kier molecular flexibility index (Phi) is 5.30. The molecule has 5 nitrogen and oxygen atoms in total. The molecule has 0 radical (unpaired) electrons. The van der Waals surface area contributed by atoms with Crippen LogP contribution < -0.4 is 0 Å². The van der Waals surface area contributed by atoms with Crippen LogP contribution in [0.25, 0.3) is 0 Å². The van der Waals surface area contributed by atoms with Crippen molar-refractivity contribution in [3.8, 4) is 0 Å². The first-order valence-electron chi connectivity index (χ1n) is 6.49. The van der Waals surface area contributed by atoms with Crippen molar-refractivity contribution in [2.75, 3.05) is 26.3 Å². The number of esters is 1. The lowest BCUT2D eigenvalue weighted by Gasteiger charge is -2.30. The third-order valence-corrected chi connectivity index (χ3v) is 3.76. The van der Waals surface area contributed by atoms with Crippen molar-refractivity contribution in [1.29, 1.82) is 0 Å². The summed E-state index contributed by atoms with van der Waals surface area (Å²) in [7, 11) is 0. The SMILES string of the molecule is CC1CN(C(=O)COC(=O)c2cc(F)ccc2Br)CCO1. The van der Waals surface area contributed by atoms with Gasteiger partial charge in [-0.1, -0.05) is 0 Å². The van der Waals surface area contributed by atoms with Crippen molar-refractivity contribution >= 4 is 27.8 Å². The minimum atomic E-state index is -0.740. The molecule has 21 heavy (non-hydrogen) atoms. The highest BCUT2D eigenvalue weighted by molar-refractivity contribution is 9.10. The largest absolute Gasteiger partial charge is 0.452 e. The molecule has 1 amide bonds. The smallest absolute Gasteiger partial charge is 0.339 e. The Morgan fingerprint density at radius 3 is 3.00 bits per heavy atom. The number of rotatable bonds is 3. The summed E-state index contributed by atoms with van der Waals surface area (Å²) in [6.07, 6.45) is -0.0317. The van der Waals surface area contributed by atoms with Crippen LogP contribution in [-0.2, 0) is 14.3 Å². The van der Waals surface area contributed by atoms with Crippen molar-refractivity contribution in [1.82, 2.24) is 4.90 Å². The molecule has 1 aromatic rings. The highest BCUT2D eigenvalue weighted by Crippen LogP contribution is 2.18. The second-order valence-electron chi connectivity index (χ2n) is 4.72. The third-order valence-electron chi connectivity index (χ3n) is 3.07. The lowest BCUT2D eigenvalue weighted by Crippen LogP contribution is -2.46. The van der Waals surface area contributed by atoms with E-state index in [9.17, 15) is 14.0 Å². The first kappa shape index (κ1) is 15.9. The van der Waals surface area contributed by atoms with Crippen LogP contribution in [0.1, 0.15) is 17.3 Å². The molecule has 1 atom stereocenters. The minimum Gasteiger partial charge on any atom is -0.452 e. The molecule has 0 aliphatic carbocycles. The number of halogens is 2. The standard InChI is InChI=1S/C14H15BrFNO4/c1-9-7-17(4-5-20-9)13(18)8-21-14(19)11-6-10(16)2-3-12(11)15/h2-3,6,9H,4-5,7-8H2,1H3. The maximum atomic E-state index is 13.1. The molecule has 1 unspecified atom stereocenters. The summed E-state index contributed by atoms with van der Waals surface area (Å²) >= 11 is 3.14. The fourth-order valence-corrected chi connectivity index (χ4v) is 2.40. The highest BCUT2D eigenvalue weighted by atomic mass is 79.9. The van der Waals surface area contributed by atoms with Crippen molar-refractivity contribution in [3.05, 3.63) is 34.1 Å². The average Bonchev–Trinajstić information content (AvgIpc) is 2.47. The predicted octanol–water partition coefficient (Wildman–Crippen LogP) is 1.99. The number of hydrogen-bond donors (Lipinski definition) is 0. The number of amides is 1. The second-order valence-corrected chi connectivity index (χ2v) is 5.58. The number of carbonyl (C=O) groups excluding carboxylic acids is 2. The van der Waals surface area contributed by atoms with E-state index in [1.54, 1.807) is 4.90 Å². The molecule has 1 aliphatic heterocycles. The van der Waals surface area contributed by atoms with Gasteiger partial charge in [0, 0.05) is 17.6 Å². The van der Waals surface area contributed by atoms with Gasteiger partial charge in [-0.15, -0.1) is 0 Å². The molecule has 0 saturated carbocycles. The van der Waals surface area contributed by atoms with E-state index < -0.39 is 11.8 Å². The Hall–Kier alpha value is -1.47. The number of morpholine rings is 1. The summed E-state index contributed by atoms with van der Waals surface area (Å²) in [6.45, 7) is 2.92. The van der Waals surface area contributed by atoms with Crippen molar-refractivity contribution < 1.29 is 23.5 Å². The van der Waals surface area contributed by atoms with Gasteiger partial charge in [0.05, 0.1) is 18.3 Å². The van der Waals surface area contributed by atoms with Gasteiger partial charge in [0.1, 0.15) is 5.82 Å². The summed E-state index contributed by atoms with van der Waals surface area (Å²) in [5, 5.41) is 0. The van der Waals surface area contributed by atoms with E-state index in [1.807, 2.05) is 6.92 Å². The van der Waals surface area contributed by atoms with Gasteiger partial charge in [-0.3, -0.25) is 4.79 Å². The Bertz CT molecular complexity index is 552. The zero-order valence-electron chi connectivity index (χ0n) is 11.5. The van der Waals surface area contributed by atoms with Crippen LogP contribution in [-0.4, -0.2) is 49.2 Å². The van der Waals surface area contributed by atoms with Crippen LogP contribution in [0.3, 0.4) is 0 Å². The Morgan fingerprint density at radius 2 is 2.29 bits per heavy atom. The first-order chi connectivity index (χ1) is 9.97. The molecule has 1 aliphatic rings. The lowest BCUT2D eigenvalue weighted by molar-refractivity contribution is -0.141. The molecule has 1 saturated heterocycles. The zero-order chi connectivity index (χ0) is 15.4. The molecular weight excluding hydrogens is 345 g/mol. The van der Waals surface area contributed by atoms with Crippen molar-refractivity contribution in [2.24, 2.45) is 0 Å². The van der Waals surface area contributed by atoms with E-state index in [1.165, 1.54) is 12.1 Å². The third kappa shape index (κ3) is 4.25. The normalized spacial score (nSPS) is 18.4. The topological polar surface area (TPSA) is 55.8 Å². The number of nitrogens with zero attached hydrogens (tertiary/aromatic N) is 1. The fraction of sp³-hybridized carbons (Fsp3) is 0.429. The Labute approximate surface area is 130 Å². The molecule has 0 spiro atoms. The summed E-state index contributed by atoms with van der Waals surface area (Å²) in [5.74, 6) is -1.57. The van der Waals surface area contributed by atoms with Crippen LogP contribution in [0.15, 0.2) is 22.7 Å². The van der Waals surface area contributed by atoms with Crippen LogP contribution >= 0.6 is 15.9 Å². The van der Waals surface area contributed by atoms with Crippen molar-refractivity contribution in [2.45, 2.75) is 13.0 Å². The Morgan fingerprint density at radius 1 is 1.52 bits per heavy atom. The monoisotopic (exact) mass is 359 g/mol. The zero-order valence-corrected chi connectivity index (χ0v) is 13.1. The Balaban J connectivity index is 1.91. The second kappa shape index (κ2) is 7.00. The molecule has 1 heterocycles. The van der Waals surface area contributed by atoms with Gasteiger partial charge in [-0.2, -0.15) is 0 Å². The summed E-state index contributed by atoms with van der Waals surface area (Å²) in [4.78, 5) is 25.4. The highest BCUT2D eigenvalue weighted by Gasteiger charge is 2.23. The molecule has 0 N–H and O–H groups in total. The summed E-state index contributed by atoms with van der Waals surface area (Å²) in [6, 6.07) is 3.70. The number of hydrogen-bond acceptors (Lipinski definition) is 4. The maximum absolute atomic E-state index is 13.1. The molecular formula is C14H15BrFNO4. The van der Waals surface area contributed by atoms with E-state index >= 15 is 0 Å². The fourth-order valence-electron chi connectivity index (χ4n) is 2.00. The van der Waals surface area contributed by atoms with Gasteiger partial charge >= 0.3 is 5.97 Å². The van der Waals surface area contributed by atoms with E-state index in [-0.39, 0.29) is 24.2 Å². The molecule has 1 aromatic carbocycles. The van der Waals surface area contributed by atoms with Crippen LogP contribution in [0.5, 0.6) is 0 Å². The quantitative estimate of drug-likeness (QED) is 0.774. The lowest BCUT2D eigenvalue weighted by atomic mass is 10.2. The molecule has 1 fully saturated rings. The van der Waals surface area contributed by atoms with Gasteiger partial charge in [-0.25, -0.2) is 9.18 Å². The van der Waals surface area contributed by atoms with Crippen LogP contribution in [0, 0.1) is 5.82 Å². The van der Waals surface area contributed by atoms with E-state index in [0.29, 0.717) is 24.2 Å². The van der Waals surface area contributed by atoms with Gasteiger partial charge in [0.25, 0.3) is 5.91 Å². The van der Waals surface area contributed by atoms with Crippen molar-refractivity contribution in [3.63, 3.8) is 0 Å². The number of carbonyl (C=O) groups is 2. The number of benzene rings is 1. The van der Waals surface area contributed by atoms with E-state index in [0.717, 1.165) is 6.07 Å². The molecule has 7 heteroatoms. The summed E-state index contributed by atoms with van der Waals surface area (Å²) < 4.78 is 23.8. The molecule has 0 aromatic heterocycles. The van der Waals surface area contributed by atoms with E-state index in [4.69, 9.17) is 9.47 Å². The molecule has 0 bridgehead atoms. The molecule has 2 rings (SSSR count). The van der Waals surface area contributed by atoms with Gasteiger partial charge in [0.15, 0.2) is 6.61 Å². The minimum absolute atomic E-state index is 0.0317. The van der Waals surface area contributed by atoms with Crippen LogP contribution in [0.4, 0.5) is 4.39 Å². The molecule has 114 valence electrons. The predicted molar refractivity (Wildman–Crippen MR) is 76.4 cm³/mol. The first-order valence-corrected chi connectivity index (χ1v) is 7.28. The average molecular weight is 360 g/mol. The number of ether oxygens (including phenoxy) is 2. The van der Waals surface area contributed by atoms with Crippen LogP contribution in [0.2, 0.25) is 0 Å². The summed E-state index contributed by atoms with van der Waals surface area (Å²) in [5.41, 5.74) is 0.0538. The maximum Gasteiger partial charge on any atom is 0.339 e. The van der Waals surface area contributed by atoms with Gasteiger partial charge in [0.2, 0.25) is 0 Å². The van der Waals surface area contributed by atoms with E-state index in [2.05, 4.69) is 15.9 Å².